The van der Waals surface area contributed by atoms with Gasteiger partial charge in [-0.15, -0.1) is 0 Å². The van der Waals surface area contributed by atoms with E-state index in [0.717, 1.165) is 0 Å². The first-order chi connectivity index (χ1) is 8.39. The van der Waals surface area contributed by atoms with Crippen molar-refractivity contribution in [3.8, 4) is 0 Å². The predicted octanol–water partition coefficient (Wildman–Crippen LogP) is 3.73. The van der Waals surface area contributed by atoms with Gasteiger partial charge in [0, 0.05) is 0 Å². The molecule has 102 valence electrons. The standard InChI is InChI=1S/C13H15Si.3CH3.Pt/c1-10-8-9-13(11(10)2)14-12-6-4-3-5-7-12;;;;/h3-7H,8,14H2,1-2H3;3*1H3;. The second-order valence-corrected chi connectivity index (χ2v) is 19.0. The van der Waals surface area contributed by atoms with E-state index in [1.807, 2.05) is 3.96 Å². The van der Waals surface area contributed by atoms with Crippen molar-refractivity contribution in [2.24, 2.45) is 0 Å². The normalized spacial score (nSPS) is 18.3. The van der Waals surface area contributed by atoms with Gasteiger partial charge in [-0.25, -0.2) is 0 Å². The van der Waals surface area contributed by atoms with Gasteiger partial charge in [0.25, 0.3) is 0 Å². The molecule has 0 N–H and O–H groups in total. The fourth-order valence-corrected chi connectivity index (χ4v) is 11.8. The molecule has 0 saturated heterocycles. The Morgan fingerprint density at radius 1 is 1.00 bits per heavy atom. The Hall–Kier alpha value is -0.395. The topological polar surface area (TPSA) is 0 Å². The summed E-state index contributed by atoms with van der Waals surface area (Å²) in [7, 11) is -0.275. The zero-order chi connectivity index (χ0) is 13.3. The average Bonchev–Trinajstić information content (AvgIpc) is 2.58. The summed E-state index contributed by atoms with van der Waals surface area (Å²) in [6, 6.07) is 11.1. The van der Waals surface area contributed by atoms with E-state index in [9.17, 15) is 0 Å². The number of rotatable bonds is 3. The quantitative estimate of drug-likeness (QED) is 0.630. The van der Waals surface area contributed by atoms with Crippen molar-refractivity contribution in [2.75, 3.05) is 0 Å². The first kappa shape index (κ1) is 14.0. The summed E-state index contributed by atoms with van der Waals surface area (Å²) in [5.74, 6) is 0. The number of hydrogen-bond donors (Lipinski definition) is 0. The summed E-state index contributed by atoms with van der Waals surface area (Å²) in [6.07, 6.45) is 1.28. The van der Waals surface area contributed by atoms with Crippen LogP contribution in [0.1, 0.15) is 20.3 Å². The predicted molar refractivity (Wildman–Crippen MR) is 82.2 cm³/mol. The van der Waals surface area contributed by atoms with Crippen molar-refractivity contribution >= 4 is 14.7 Å². The van der Waals surface area contributed by atoms with Crippen LogP contribution in [0.2, 0.25) is 15.9 Å². The molecule has 2 rings (SSSR count). The fraction of sp³-hybridized carbons (Fsp3) is 0.375. The van der Waals surface area contributed by atoms with Gasteiger partial charge in [-0.05, 0) is 0 Å². The van der Waals surface area contributed by atoms with Crippen LogP contribution in [0.25, 0.3) is 0 Å². The molecule has 0 heterocycles. The SMILES string of the molecule is CC1=C(C)C([SiH2]c2ccccc2)=[C]([Pt]([CH3])([CH3])[CH3])C1. The molecule has 0 fully saturated rings. The summed E-state index contributed by atoms with van der Waals surface area (Å²) < 4.78 is 1.87. The maximum absolute atomic E-state index is 2.54. The zero-order valence-electron chi connectivity index (χ0n) is 12.1. The van der Waals surface area contributed by atoms with Gasteiger partial charge in [0.2, 0.25) is 0 Å². The van der Waals surface area contributed by atoms with Gasteiger partial charge in [0.05, 0.1) is 0 Å². The number of allylic oxidation sites excluding steroid dienone is 4. The molecule has 0 nitrogen and oxygen atoms in total. The van der Waals surface area contributed by atoms with E-state index in [0.29, 0.717) is 0 Å². The average molecular weight is 440 g/mol. The molecule has 0 atom stereocenters. The zero-order valence-corrected chi connectivity index (χ0v) is 15.8. The van der Waals surface area contributed by atoms with E-state index >= 15 is 0 Å². The van der Waals surface area contributed by atoms with E-state index in [1.54, 1.807) is 21.5 Å². The molecule has 0 saturated carbocycles. The van der Waals surface area contributed by atoms with Gasteiger partial charge in [0.15, 0.2) is 0 Å². The molecule has 1 aliphatic rings. The minimum atomic E-state index is -1.59. The maximum atomic E-state index is 2.54. The van der Waals surface area contributed by atoms with Crippen LogP contribution in [0.4, 0.5) is 0 Å². The second kappa shape index (κ2) is 5.31. The van der Waals surface area contributed by atoms with Crippen LogP contribution in [0, 0.1) is 0 Å². The van der Waals surface area contributed by atoms with E-state index in [-0.39, 0.29) is 9.52 Å². The van der Waals surface area contributed by atoms with Crippen LogP contribution in [-0.4, -0.2) is 9.52 Å². The van der Waals surface area contributed by atoms with Crippen molar-refractivity contribution in [3.63, 3.8) is 0 Å². The van der Waals surface area contributed by atoms with Crippen LogP contribution in [0.3, 0.4) is 0 Å². The van der Waals surface area contributed by atoms with Gasteiger partial charge in [-0.3, -0.25) is 0 Å². The van der Waals surface area contributed by atoms with Gasteiger partial charge >= 0.3 is 118 Å². The molecular formula is C16H24PtSi. The van der Waals surface area contributed by atoms with Crippen LogP contribution >= 0.6 is 0 Å². The van der Waals surface area contributed by atoms with Gasteiger partial charge < -0.3 is 0 Å². The molecule has 2 heteroatoms. The Bertz CT molecular complexity index is 504. The van der Waals surface area contributed by atoms with Crippen LogP contribution in [0.5, 0.6) is 0 Å². The Labute approximate surface area is 117 Å². The van der Waals surface area contributed by atoms with E-state index in [1.165, 1.54) is 6.42 Å². The Morgan fingerprint density at radius 2 is 1.61 bits per heavy atom. The molecule has 1 aromatic carbocycles. The summed E-state index contributed by atoms with van der Waals surface area (Å²) in [6.45, 7) is 4.68. The molecule has 18 heavy (non-hydrogen) atoms. The van der Waals surface area contributed by atoms with E-state index < -0.39 is 16.1 Å². The second-order valence-electron chi connectivity index (χ2n) is 5.51. The first-order valence-electron chi connectivity index (χ1n) is 6.18. The summed E-state index contributed by atoms with van der Waals surface area (Å²) in [5, 5.41) is 11.0. The minimum absolute atomic E-state index is 0.275. The Morgan fingerprint density at radius 3 is 2.17 bits per heavy atom. The first-order valence-corrected chi connectivity index (χ1v) is 15.5. The third-order valence-electron chi connectivity index (χ3n) is 3.61. The van der Waals surface area contributed by atoms with E-state index in [2.05, 4.69) is 60.1 Å². The monoisotopic (exact) mass is 439 g/mol. The Kier molecular flexibility index (Phi) is 4.13. The molecular weight excluding hydrogens is 415 g/mol. The van der Waals surface area contributed by atoms with Crippen LogP contribution in [0.15, 0.2) is 50.6 Å². The Balaban J connectivity index is 2.37. The van der Waals surface area contributed by atoms with Gasteiger partial charge in [-0.1, -0.05) is 0 Å². The van der Waals surface area contributed by atoms with Crippen LogP contribution < -0.4 is 5.19 Å². The van der Waals surface area contributed by atoms with Crippen LogP contribution in [-0.2, 0) is 16.1 Å². The molecule has 0 radical (unpaired) electrons. The molecule has 0 aromatic heterocycles. The van der Waals surface area contributed by atoms with Crippen molar-refractivity contribution in [1.29, 1.82) is 0 Å². The number of hydrogen-bond acceptors (Lipinski definition) is 0. The molecule has 0 bridgehead atoms. The summed E-state index contributed by atoms with van der Waals surface area (Å²) in [4.78, 5) is 0. The third kappa shape index (κ3) is 2.95. The van der Waals surface area contributed by atoms with Crippen molar-refractivity contribution in [1.82, 2.24) is 0 Å². The molecule has 0 aliphatic heterocycles. The van der Waals surface area contributed by atoms with Crippen molar-refractivity contribution in [2.45, 2.75) is 36.2 Å². The van der Waals surface area contributed by atoms with Gasteiger partial charge in [0.1, 0.15) is 0 Å². The van der Waals surface area contributed by atoms with Gasteiger partial charge in [-0.2, -0.15) is 0 Å². The van der Waals surface area contributed by atoms with Crippen molar-refractivity contribution in [3.05, 3.63) is 50.6 Å². The molecule has 0 unspecified atom stereocenters. The molecule has 1 aromatic rings. The molecule has 0 spiro atoms. The molecule has 0 amide bonds. The summed E-state index contributed by atoms with van der Waals surface area (Å²) >= 11 is -1.59. The van der Waals surface area contributed by atoms with Crippen molar-refractivity contribution < 1.29 is 16.1 Å². The number of benzene rings is 1. The van der Waals surface area contributed by atoms with E-state index in [4.69, 9.17) is 0 Å². The fourth-order valence-electron chi connectivity index (χ4n) is 2.38. The third-order valence-corrected chi connectivity index (χ3v) is 11.7. The molecule has 1 aliphatic carbocycles. The summed E-state index contributed by atoms with van der Waals surface area (Å²) in [5.41, 5.74) is 3.25.